The maximum absolute atomic E-state index is 9.77. The van der Waals surface area contributed by atoms with Crippen molar-refractivity contribution in [1.82, 2.24) is 4.90 Å². The van der Waals surface area contributed by atoms with Gasteiger partial charge in [0.25, 0.3) is 0 Å². The molecule has 3 rings (SSSR count). The number of hydrogen-bond acceptors (Lipinski definition) is 4. The number of hydrogen-bond donors (Lipinski definition) is 2. The van der Waals surface area contributed by atoms with Crippen LogP contribution in [0.4, 0.5) is 0 Å². The van der Waals surface area contributed by atoms with E-state index in [1.54, 1.807) is 6.07 Å². The molecule has 0 aliphatic carbocycles. The van der Waals surface area contributed by atoms with Crippen molar-refractivity contribution in [1.29, 1.82) is 0 Å². The molecule has 2 fully saturated rings. The molecule has 20 heavy (non-hydrogen) atoms. The Morgan fingerprint density at radius 1 is 1.30 bits per heavy atom. The molecule has 1 aromatic carbocycles. The highest BCUT2D eigenvalue weighted by molar-refractivity contribution is 5.41. The third kappa shape index (κ3) is 2.63. The summed E-state index contributed by atoms with van der Waals surface area (Å²) >= 11 is 0. The van der Waals surface area contributed by atoms with Crippen LogP contribution in [0.3, 0.4) is 0 Å². The predicted octanol–water partition coefficient (Wildman–Crippen LogP) is 2.25. The number of nitrogens with zero attached hydrogens (tertiary/aromatic N) is 1. The SMILES string of the molecule is CCOc1cc(CN2C3CCC2CC(N)C3)ccc1O. The predicted molar refractivity (Wildman–Crippen MR) is 78.8 cm³/mol. The van der Waals surface area contributed by atoms with E-state index in [9.17, 15) is 5.11 Å². The number of phenolic OH excluding ortho intramolecular Hbond substituents is 1. The monoisotopic (exact) mass is 276 g/mol. The maximum atomic E-state index is 9.77. The summed E-state index contributed by atoms with van der Waals surface area (Å²) in [5.74, 6) is 0.810. The summed E-state index contributed by atoms with van der Waals surface area (Å²) in [7, 11) is 0. The smallest absolute Gasteiger partial charge is 0.161 e. The number of ether oxygens (including phenoxy) is 1. The van der Waals surface area contributed by atoms with Crippen molar-refractivity contribution in [3.8, 4) is 11.5 Å². The van der Waals surface area contributed by atoms with E-state index in [0.29, 0.717) is 30.5 Å². The lowest BCUT2D eigenvalue weighted by molar-refractivity contribution is 0.120. The van der Waals surface area contributed by atoms with Crippen molar-refractivity contribution in [2.75, 3.05) is 6.61 Å². The van der Waals surface area contributed by atoms with Crippen molar-refractivity contribution in [2.24, 2.45) is 5.73 Å². The fraction of sp³-hybridized carbons (Fsp3) is 0.625. The molecule has 3 N–H and O–H groups in total. The van der Waals surface area contributed by atoms with E-state index >= 15 is 0 Å². The maximum Gasteiger partial charge on any atom is 0.161 e. The first-order valence-electron chi connectivity index (χ1n) is 7.63. The van der Waals surface area contributed by atoms with Gasteiger partial charge in [0.1, 0.15) is 0 Å². The Bertz CT molecular complexity index is 464. The number of rotatable bonds is 4. The Morgan fingerprint density at radius 3 is 2.65 bits per heavy atom. The zero-order valence-electron chi connectivity index (χ0n) is 12.1. The fourth-order valence-electron chi connectivity index (χ4n) is 3.71. The molecule has 0 saturated carbocycles. The van der Waals surface area contributed by atoms with Crippen molar-refractivity contribution in [2.45, 2.75) is 57.3 Å². The summed E-state index contributed by atoms with van der Waals surface area (Å²) in [6, 6.07) is 7.33. The molecular weight excluding hydrogens is 252 g/mol. The minimum absolute atomic E-state index is 0.222. The van der Waals surface area contributed by atoms with Crippen LogP contribution >= 0.6 is 0 Å². The van der Waals surface area contributed by atoms with E-state index in [0.717, 1.165) is 19.4 Å². The van der Waals surface area contributed by atoms with Gasteiger partial charge in [-0.25, -0.2) is 0 Å². The topological polar surface area (TPSA) is 58.7 Å². The zero-order valence-corrected chi connectivity index (χ0v) is 12.1. The summed E-state index contributed by atoms with van der Waals surface area (Å²) in [4.78, 5) is 2.59. The molecule has 0 amide bonds. The third-order valence-corrected chi connectivity index (χ3v) is 4.61. The molecule has 0 aromatic heterocycles. The second-order valence-corrected chi connectivity index (χ2v) is 6.02. The number of fused-ring (bicyclic) bond motifs is 2. The second-order valence-electron chi connectivity index (χ2n) is 6.02. The molecule has 2 bridgehead atoms. The highest BCUT2D eigenvalue weighted by atomic mass is 16.5. The minimum atomic E-state index is 0.222. The Labute approximate surface area is 120 Å². The van der Waals surface area contributed by atoms with Crippen LogP contribution in [-0.4, -0.2) is 34.7 Å². The Balaban J connectivity index is 1.73. The lowest BCUT2D eigenvalue weighted by atomic mass is 9.97. The van der Waals surface area contributed by atoms with Crippen LogP contribution in [0, 0.1) is 0 Å². The van der Waals surface area contributed by atoms with Gasteiger partial charge in [-0.1, -0.05) is 6.07 Å². The van der Waals surface area contributed by atoms with Gasteiger partial charge in [0.2, 0.25) is 0 Å². The third-order valence-electron chi connectivity index (χ3n) is 4.61. The van der Waals surface area contributed by atoms with Gasteiger partial charge >= 0.3 is 0 Å². The van der Waals surface area contributed by atoms with Gasteiger partial charge in [0.05, 0.1) is 6.61 Å². The first-order chi connectivity index (χ1) is 9.67. The summed E-state index contributed by atoms with van der Waals surface area (Å²) < 4.78 is 5.46. The van der Waals surface area contributed by atoms with Crippen LogP contribution in [0.2, 0.25) is 0 Å². The molecule has 2 heterocycles. The lowest BCUT2D eigenvalue weighted by Gasteiger charge is -2.37. The first-order valence-corrected chi connectivity index (χ1v) is 7.63. The molecule has 110 valence electrons. The molecule has 0 radical (unpaired) electrons. The molecule has 2 saturated heterocycles. The van der Waals surface area contributed by atoms with Gasteiger partial charge in [0.15, 0.2) is 11.5 Å². The lowest BCUT2D eigenvalue weighted by Crippen LogP contribution is -2.46. The molecule has 2 atom stereocenters. The number of piperidine rings is 1. The first kappa shape index (κ1) is 13.7. The largest absolute Gasteiger partial charge is 0.504 e. The van der Waals surface area contributed by atoms with Crippen molar-refractivity contribution < 1.29 is 9.84 Å². The van der Waals surface area contributed by atoms with E-state index in [1.165, 1.54) is 18.4 Å². The van der Waals surface area contributed by atoms with Gasteiger partial charge < -0.3 is 15.6 Å². The average molecular weight is 276 g/mol. The van der Waals surface area contributed by atoms with Crippen LogP contribution < -0.4 is 10.5 Å². The molecule has 0 spiro atoms. The van der Waals surface area contributed by atoms with E-state index in [1.807, 2.05) is 19.1 Å². The molecule has 4 nitrogen and oxygen atoms in total. The summed E-state index contributed by atoms with van der Waals surface area (Å²) in [5, 5.41) is 9.77. The molecule has 4 heteroatoms. The van der Waals surface area contributed by atoms with Gasteiger partial charge in [-0.3, -0.25) is 4.90 Å². The minimum Gasteiger partial charge on any atom is -0.504 e. The molecule has 2 aliphatic rings. The fourth-order valence-corrected chi connectivity index (χ4v) is 3.71. The molecule has 2 aliphatic heterocycles. The van der Waals surface area contributed by atoms with Crippen molar-refractivity contribution in [3.05, 3.63) is 23.8 Å². The van der Waals surface area contributed by atoms with E-state index in [-0.39, 0.29) is 5.75 Å². The van der Waals surface area contributed by atoms with Crippen molar-refractivity contribution >= 4 is 0 Å². The summed E-state index contributed by atoms with van der Waals surface area (Å²) in [6.07, 6.45) is 4.78. The zero-order chi connectivity index (χ0) is 14.1. The van der Waals surface area contributed by atoms with E-state index < -0.39 is 0 Å². The van der Waals surface area contributed by atoms with Gasteiger partial charge in [-0.05, 0) is 50.3 Å². The normalized spacial score (nSPS) is 29.6. The van der Waals surface area contributed by atoms with Gasteiger partial charge in [0, 0.05) is 24.7 Å². The van der Waals surface area contributed by atoms with E-state index in [2.05, 4.69) is 4.90 Å². The molecule has 2 unspecified atom stereocenters. The number of phenols is 1. The van der Waals surface area contributed by atoms with Crippen molar-refractivity contribution in [3.63, 3.8) is 0 Å². The standard InChI is InChI=1S/C16H24N2O2/c1-2-20-16-7-11(3-6-15(16)19)10-18-13-4-5-14(18)9-12(17)8-13/h3,6-7,12-14,19H,2,4-5,8-10,17H2,1H3. The van der Waals surface area contributed by atoms with Crippen LogP contribution in [-0.2, 0) is 6.54 Å². The second kappa shape index (κ2) is 5.62. The summed E-state index contributed by atoms with van der Waals surface area (Å²) in [5.41, 5.74) is 7.32. The Kier molecular flexibility index (Phi) is 3.85. The van der Waals surface area contributed by atoms with Gasteiger partial charge in [-0.2, -0.15) is 0 Å². The van der Waals surface area contributed by atoms with E-state index in [4.69, 9.17) is 10.5 Å². The number of nitrogens with two attached hydrogens (primary N) is 1. The van der Waals surface area contributed by atoms with Crippen LogP contribution in [0.15, 0.2) is 18.2 Å². The Hall–Kier alpha value is -1.26. The van der Waals surface area contributed by atoms with Crippen LogP contribution in [0.25, 0.3) is 0 Å². The molecule has 1 aromatic rings. The average Bonchev–Trinajstić information content (AvgIpc) is 2.66. The number of benzene rings is 1. The molecular formula is C16H24N2O2. The van der Waals surface area contributed by atoms with Crippen LogP contribution in [0.5, 0.6) is 11.5 Å². The highest BCUT2D eigenvalue weighted by Gasteiger charge is 2.39. The van der Waals surface area contributed by atoms with Crippen LogP contribution in [0.1, 0.15) is 38.2 Å². The quantitative estimate of drug-likeness (QED) is 0.885. The highest BCUT2D eigenvalue weighted by Crippen LogP contribution is 2.37. The number of aromatic hydroxyl groups is 1. The van der Waals surface area contributed by atoms with Gasteiger partial charge in [-0.15, -0.1) is 0 Å². The Morgan fingerprint density at radius 2 is 2.00 bits per heavy atom. The summed E-state index contributed by atoms with van der Waals surface area (Å²) in [6.45, 7) is 3.43.